The van der Waals surface area contributed by atoms with E-state index < -0.39 is 0 Å². The van der Waals surface area contributed by atoms with Crippen LogP contribution in [0.4, 0.5) is 0 Å². The Morgan fingerprint density at radius 3 is 2.81 bits per heavy atom. The zero-order valence-corrected chi connectivity index (χ0v) is 18.2. The van der Waals surface area contributed by atoms with Gasteiger partial charge in [-0.15, -0.1) is 5.10 Å². The quantitative estimate of drug-likeness (QED) is 0.465. The van der Waals surface area contributed by atoms with Crippen molar-refractivity contribution in [3.05, 3.63) is 65.2 Å². The van der Waals surface area contributed by atoms with Crippen molar-refractivity contribution < 1.29 is 14.3 Å². The third kappa shape index (κ3) is 3.89. The first-order chi connectivity index (χ1) is 15.6. The molecule has 3 heterocycles. The summed E-state index contributed by atoms with van der Waals surface area (Å²) in [6, 6.07) is 15.5. The number of amides is 1. The Morgan fingerprint density at radius 1 is 1.22 bits per heavy atom. The van der Waals surface area contributed by atoms with Crippen molar-refractivity contribution in [3.8, 4) is 5.75 Å². The van der Waals surface area contributed by atoms with Crippen molar-refractivity contribution in [2.24, 2.45) is 0 Å². The highest BCUT2D eigenvalue weighted by Crippen LogP contribution is 2.24. The maximum Gasteiger partial charge on any atom is 0.254 e. The molecule has 2 aromatic heterocycles. The van der Waals surface area contributed by atoms with Crippen LogP contribution in [0, 0.1) is 6.92 Å². The Morgan fingerprint density at radius 2 is 2.06 bits per heavy atom. The number of carbonyl (C=O) groups excluding carboxylic acids is 1. The molecule has 0 aliphatic carbocycles. The van der Waals surface area contributed by atoms with Gasteiger partial charge in [0, 0.05) is 36.2 Å². The second-order valence-electron chi connectivity index (χ2n) is 8.20. The van der Waals surface area contributed by atoms with Gasteiger partial charge in [0.2, 0.25) is 0 Å². The number of rotatable bonds is 6. The number of hydrogen-bond acceptors (Lipinski definition) is 6. The first kappa shape index (κ1) is 20.4. The largest absolute Gasteiger partial charge is 0.497 e. The SMILES string of the molecule is COc1ccc(C(=O)N(Cc2cc3ccc(C)cc3n3nnnc23)CC2CCCO2)cc1. The van der Waals surface area contributed by atoms with Crippen molar-refractivity contribution in [1.29, 1.82) is 0 Å². The van der Waals surface area contributed by atoms with E-state index in [1.165, 1.54) is 0 Å². The third-order valence-corrected chi connectivity index (χ3v) is 5.93. The topological polar surface area (TPSA) is 81.9 Å². The van der Waals surface area contributed by atoms with Crippen LogP contribution in [0.2, 0.25) is 0 Å². The number of benzene rings is 2. The summed E-state index contributed by atoms with van der Waals surface area (Å²) in [5.74, 6) is 0.658. The Kier molecular flexibility index (Phi) is 5.45. The minimum atomic E-state index is -0.0576. The molecule has 0 bridgehead atoms. The van der Waals surface area contributed by atoms with Crippen LogP contribution in [0.5, 0.6) is 5.75 Å². The molecule has 164 valence electrons. The van der Waals surface area contributed by atoms with Crippen LogP contribution in [-0.2, 0) is 11.3 Å². The Labute approximate surface area is 185 Å². The average molecular weight is 431 g/mol. The van der Waals surface area contributed by atoms with Gasteiger partial charge in [0.25, 0.3) is 5.91 Å². The molecule has 8 heteroatoms. The molecule has 4 aromatic rings. The molecule has 1 atom stereocenters. The Balaban J connectivity index is 1.52. The van der Waals surface area contributed by atoms with Crippen LogP contribution in [0.3, 0.4) is 0 Å². The molecule has 1 unspecified atom stereocenters. The maximum absolute atomic E-state index is 13.5. The molecule has 32 heavy (non-hydrogen) atoms. The van der Waals surface area contributed by atoms with E-state index in [-0.39, 0.29) is 12.0 Å². The number of pyridine rings is 1. The predicted octanol–water partition coefficient (Wildman–Crippen LogP) is 3.42. The molecule has 1 fully saturated rings. The van der Waals surface area contributed by atoms with Crippen LogP contribution in [0.25, 0.3) is 16.6 Å². The number of carbonyl (C=O) groups is 1. The van der Waals surface area contributed by atoms with Crippen LogP contribution >= 0.6 is 0 Å². The van der Waals surface area contributed by atoms with Gasteiger partial charge in [-0.05, 0) is 72.2 Å². The van der Waals surface area contributed by atoms with Gasteiger partial charge >= 0.3 is 0 Å². The van der Waals surface area contributed by atoms with E-state index in [1.807, 2.05) is 11.8 Å². The molecule has 1 amide bonds. The number of tetrazole rings is 1. The van der Waals surface area contributed by atoms with E-state index in [0.29, 0.717) is 30.0 Å². The molecular weight excluding hydrogens is 406 g/mol. The molecule has 5 rings (SSSR count). The van der Waals surface area contributed by atoms with Gasteiger partial charge < -0.3 is 14.4 Å². The molecular formula is C24H25N5O3. The first-order valence-electron chi connectivity index (χ1n) is 10.8. The van der Waals surface area contributed by atoms with Gasteiger partial charge in [-0.25, -0.2) is 0 Å². The third-order valence-electron chi connectivity index (χ3n) is 5.93. The van der Waals surface area contributed by atoms with E-state index in [2.05, 4.69) is 39.8 Å². The van der Waals surface area contributed by atoms with E-state index in [4.69, 9.17) is 9.47 Å². The number of methoxy groups -OCH3 is 1. The minimum Gasteiger partial charge on any atom is -0.497 e. The molecule has 8 nitrogen and oxygen atoms in total. The van der Waals surface area contributed by atoms with E-state index in [0.717, 1.165) is 41.5 Å². The molecule has 0 spiro atoms. The van der Waals surface area contributed by atoms with Crippen molar-refractivity contribution in [2.45, 2.75) is 32.4 Å². The molecule has 1 aliphatic rings. The lowest BCUT2D eigenvalue weighted by Gasteiger charge is -2.26. The van der Waals surface area contributed by atoms with Gasteiger partial charge in [-0.2, -0.15) is 4.52 Å². The lowest BCUT2D eigenvalue weighted by molar-refractivity contribution is 0.0508. The molecule has 0 N–H and O–H groups in total. The zero-order chi connectivity index (χ0) is 22.1. The summed E-state index contributed by atoms with van der Waals surface area (Å²) in [4.78, 5) is 15.3. The van der Waals surface area contributed by atoms with Crippen LogP contribution < -0.4 is 4.74 Å². The molecule has 1 saturated heterocycles. The summed E-state index contributed by atoms with van der Waals surface area (Å²) >= 11 is 0. The lowest BCUT2D eigenvalue weighted by Crippen LogP contribution is -2.37. The number of nitrogens with zero attached hydrogens (tertiary/aromatic N) is 5. The fraction of sp³-hybridized carbons (Fsp3) is 0.333. The molecule has 0 saturated carbocycles. The zero-order valence-electron chi connectivity index (χ0n) is 18.2. The average Bonchev–Trinajstić information content (AvgIpc) is 3.51. The smallest absolute Gasteiger partial charge is 0.254 e. The lowest BCUT2D eigenvalue weighted by atomic mass is 10.1. The summed E-state index contributed by atoms with van der Waals surface area (Å²) in [5.41, 5.74) is 4.24. The van der Waals surface area contributed by atoms with Gasteiger partial charge in [-0.1, -0.05) is 12.1 Å². The van der Waals surface area contributed by atoms with Crippen LogP contribution in [0.1, 0.15) is 34.3 Å². The van der Waals surface area contributed by atoms with Crippen LogP contribution in [0.15, 0.2) is 48.5 Å². The molecule has 0 radical (unpaired) electrons. The van der Waals surface area contributed by atoms with Crippen LogP contribution in [-0.4, -0.2) is 57.2 Å². The summed E-state index contributed by atoms with van der Waals surface area (Å²) in [6.07, 6.45) is 2.00. The van der Waals surface area contributed by atoms with Crippen molar-refractivity contribution in [3.63, 3.8) is 0 Å². The normalized spacial score (nSPS) is 16.0. The first-order valence-corrected chi connectivity index (χ1v) is 10.8. The molecule has 2 aromatic carbocycles. The Hall–Kier alpha value is -3.52. The minimum absolute atomic E-state index is 0.0346. The van der Waals surface area contributed by atoms with Gasteiger partial charge in [0.1, 0.15) is 5.75 Å². The standard InChI is InChI=1S/C24H25N5O3/c1-16-5-6-18-13-19(23-25-26-27-29(23)22(18)12-16)14-28(15-21-4-3-11-32-21)24(30)17-7-9-20(31-2)10-8-17/h5-10,12-13,21H,3-4,11,14-15H2,1-2H3. The second-order valence-corrected chi connectivity index (χ2v) is 8.20. The fourth-order valence-corrected chi connectivity index (χ4v) is 4.25. The van der Waals surface area contributed by atoms with E-state index in [1.54, 1.807) is 35.9 Å². The fourth-order valence-electron chi connectivity index (χ4n) is 4.25. The van der Waals surface area contributed by atoms with Gasteiger partial charge in [0.15, 0.2) is 5.65 Å². The number of aryl methyl sites for hydroxylation is 1. The summed E-state index contributed by atoms with van der Waals surface area (Å²) in [7, 11) is 1.61. The van der Waals surface area contributed by atoms with Crippen molar-refractivity contribution >= 4 is 22.5 Å². The van der Waals surface area contributed by atoms with Crippen molar-refractivity contribution in [2.75, 3.05) is 20.3 Å². The monoisotopic (exact) mass is 431 g/mol. The highest BCUT2D eigenvalue weighted by atomic mass is 16.5. The highest BCUT2D eigenvalue weighted by Gasteiger charge is 2.25. The molecule has 1 aliphatic heterocycles. The van der Waals surface area contributed by atoms with Crippen molar-refractivity contribution in [1.82, 2.24) is 24.9 Å². The van der Waals surface area contributed by atoms with Gasteiger partial charge in [-0.3, -0.25) is 4.79 Å². The highest BCUT2D eigenvalue weighted by molar-refractivity contribution is 5.94. The Bertz CT molecular complexity index is 1260. The van der Waals surface area contributed by atoms with Gasteiger partial charge in [0.05, 0.1) is 18.7 Å². The summed E-state index contributed by atoms with van der Waals surface area (Å²) in [6.45, 7) is 3.69. The summed E-state index contributed by atoms with van der Waals surface area (Å²) in [5, 5.41) is 13.4. The second kappa shape index (κ2) is 8.55. The predicted molar refractivity (Wildman–Crippen MR) is 120 cm³/mol. The number of aromatic nitrogens is 4. The summed E-state index contributed by atoms with van der Waals surface area (Å²) < 4.78 is 12.8. The van der Waals surface area contributed by atoms with E-state index in [9.17, 15) is 4.79 Å². The number of hydrogen-bond donors (Lipinski definition) is 0. The number of ether oxygens (including phenoxy) is 2. The van der Waals surface area contributed by atoms with E-state index >= 15 is 0 Å². The number of fused-ring (bicyclic) bond motifs is 3. The maximum atomic E-state index is 13.5.